The SMILES string of the molecule is COCCS(=O)(=O)Nc1cccc(C23CCCC(C2)N(Cc2nccs2)CC3)c1. The molecular formula is C21H29N3O3S2. The van der Waals surface area contributed by atoms with Gasteiger partial charge in [0.05, 0.1) is 18.9 Å². The van der Waals surface area contributed by atoms with Crippen molar-refractivity contribution in [2.75, 3.05) is 30.7 Å². The van der Waals surface area contributed by atoms with Crippen molar-refractivity contribution in [2.45, 2.75) is 50.1 Å². The van der Waals surface area contributed by atoms with Crippen LogP contribution in [0.5, 0.6) is 0 Å². The highest BCUT2D eigenvalue weighted by atomic mass is 32.2. The third-order valence-electron chi connectivity index (χ3n) is 6.34. The molecule has 1 N–H and O–H groups in total. The van der Waals surface area contributed by atoms with E-state index in [0.717, 1.165) is 25.9 Å². The molecule has 0 amide bonds. The van der Waals surface area contributed by atoms with Crippen LogP contribution in [0.4, 0.5) is 5.69 Å². The standard InChI is InChI=1S/C21H29N3O3S2/c1-27-11-13-29(25,26)23-18-5-2-4-17(14-18)21-7-3-6-19(15-21)24(10-8-21)16-20-22-9-12-28-20/h2,4-5,9,12,14,19,23H,3,6-8,10-11,13,15-16H2,1H3. The number of piperidine rings is 1. The Morgan fingerprint density at radius 2 is 2.28 bits per heavy atom. The van der Waals surface area contributed by atoms with Crippen LogP contribution in [0.3, 0.4) is 0 Å². The normalized spacial score (nSPS) is 25.1. The van der Waals surface area contributed by atoms with Crippen LogP contribution < -0.4 is 4.72 Å². The maximum Gasteiger partial charge on any atom is 0.234 e. The molecule has 2 aromatic rings. The van der Waals surface area contributed by atoms with Crippen LogP contribution in [-0.2, 0) is 26.7 Å². The van der Waals surface area contributed by atoms with Crippen LogP contribution in [-0.4, -0.2) is 50.4 Å². The number of fused-ring (bicyclic) bond motifs is 2. The monoisotopic (exact) mass is 435 g/mol. The number of methoxy groups -OCH3 is 1. The topological polar surface area (TPSA) is 71.5 Å². The molecule has 2 unspecified atom stereocenters. The second kappa shape index (κ2) is 8.71. The summed E-state index contributed by atoms with van der Waals surface area (Å²) < 4.78 is 32.1. The van der Waals surface area contributed by atoms with Gasteiger partial charge in [0.25, 0.3) is 0 Å². The Kier molecular flexibility index (Phi) is 6.24. The molecule has 1 aliphatic carbocycles. The summed E-state index contributed by atoms with van der Waals surface area (Å²) >= 11 is 1.73. The lowest BCUT2D eigenvalue weighted by Gasteiger charge is -2.50. The minimum atomic E-state index is -3.39. The van der Waals surface area contributed by atoms with E-state index in [0.29, 0.717) is 11.7 Å². The number of anilines is 1. The zero-order valence-electron chi connectivity index (χ0n) is 16.8. The van der Waals surface area contributed by atoms with E-state index in [-0.39, 0.29) is 17.8 Å². The Morgan fingerprint density at radius 1 is 1.38 bits per heavy atom. The first-order valence-corrected chi connectivity index (χ1v) is 12.8. The van der Waals surface area contributed by atoms with Crippen molar-refractivity contribution in [3.8, 4) is 0 Å². The highest BCUT2D eigenvalue weighted by molar-refractivity contribution is 7.92. The summed E-state index contributed by atoms with van der Waals surface area (Å²) in [5.74, 6) is -0.0351. The molecule has 1 saturated heterocycles. The lowest BCUT2D eigenvalue weighted by molar-refractivity contribution is 0.0458. The van der Waals surface area contributed by atoms with Crippen molar-refractivity contribution in [3.63, 3.8) is 0 Å². The van der Waals surface area contributed by atoms with Gasteiger partial charge in [0.1, 0.15) is 5.01 Å². The Hall–Kier alpha value is -1.48. The minimum Gasteiger partial charge on any atom is -0.384 e. The van der Waals surface area contributed by atoms with Crippen molar-refractivity contribution in [3.05, 3.63) is 46.4 Å². The minimum absolute atomic E-state index is 0.0351. The number of nitrogens with zero attached hydrogens (tertiary/aromatic N) is 2. The van der Waals surface area contributed by atoms with Gasteiger partial charge in [-0.3, -0.25) is 9.62 Å². The van der Waals surface area contributed by atoms with Crippen molar-refractivity contribution >= 4 is 27.0 Å². The highest BCUT2D eigenvalue weighted by Crippen LogP contribution is 2.47. The second-order valence-corrected chi connectivity index (χ2v) is 11.0. The van der Waals surface area contributed by atoms with Crippen molar-refractivity contribution < 1.29 is 13.2 Å². The first kappa shape index (κ1) is 20.8. The number of thiazole rings is 1. The Morgan fingerprint density at radius 3 is 3.07 bits per heavy atom. The molecule has 1 aliphatic heterocycles. The molecule has 1 aromatic carbocycles. The summed E-state index contributed by atoms with van der Waals surface area (Å²) in [5, 5.41) is 3.24. The average molecular weight is 436 g/mol. The molecule has 2 aliphatic rings. The largest absolute Gasteiger partial charge is 0.384 e. The quantitative estimate of drug-likeness (QED) is 0.686. The number of hydrogen-bond acceptors (Lipinski definition) is 6. The fourth-order valence-corrected chi connectivity index (χ4v) is 6.48. The maximum atomic E-state index is 12.3. The molecule has 2 fully saturated rings. The molecule has 6 nitrogen and oxygen atoms in total. The van der Waals surface area contributed by atoms with Crippen LogP contribution in [0.25, 0.3) is 0 Å². The van der Waals surface area contributed by atoms with E-state index < -0.39 is 10.0 Å². The molecule has 0 spiro atoms. The number of aromatic nitrogens is 1. The van der Waals surface area contributed by atoms with Crippen LogP contribution in [0, 0.1) is 0 Å². The third-order valence-corrected chi connectivity index (χ3v) is 8.35. The van der Waals surface area contributed by atoms with Crippen molar-refractivity contribution in [1.82, 2.24) is 9.88 Å². The smallest absolute Gasteiger partial charge is 0.234 e. The number of ether oxygens (including phenoxy) is 1. The van der Waals surface area contributed by atoms with Crippen LogP contribution in [0.2, 0.25) is 0 Å². The van der Waals surface area contributed by atoms with Gasteiger partial charge in [-0.25, -0.2) is 13.4 Å². The fraction of sp³-hybridized carbons (Fsp3) is 0.571. The zero-order chi connectivity index (χ0) is 20.3. The molecule has 2 atom stereocenters. The molecular weight excluding hydrogens is 406 g/mol. The number of hydrogen-bond donors (Lipinski definition) is 1. The Balaban J connectivity index is 1.49. The Bertz CT molecular complexity index is 917. The maximum absolute atomic E-state index is 12.3. The molecule has 158 valence electrons. The lowest BCUT2D eigenvalue weighted by Crippen LogP contribution is -2.51. The van der Waals surface area contributed by atoms with Gasteiger partial charge in [0.2, 0.25) is 10.0 Å². The van der Waals surface area contributed by atoms with Gasteiger partial charge in [-0.1, -0.05) is 18.6 Å². The van der Waals surface area contributed by atoms with Crippen molar-refractivity contribution in [2.24, 2.45) is 0 Å². The average Bonchev–Trinajstić information content (AvgIpc) is 3.22. The number of nitrogens with one attached hydrogen (secondary N) is 1. The number of rotatable bonds is 8. The molecule has 0 radical (unpaired) electrons. The summed E-state index contributed by atoms with van der Waals surface area (Å²) in [6.07, 6.45) is 7.75. The van der Waals surface area contributed by atoms with Gasteiger partial charge in [-0.15, -0.1) is 11.3 Å². The fourth-order valence-electron chi connectivity index (χ4n) is 4.87. The van der Waals surface area contributed by atoms with Gasteiger partial charge < -0.3 is 4.74 Å². The summed E-state index contributed by atoms with van der Waals surface area (Å²) in [7, 11) is -1.88. The van der Waals surface area contributed by atoms with Gasteiger partial charge >= 0.3 is 0 Å². The molecule has 4 rings (SSSR count). The van der Waals surface area contributed by atoms with E-state index in [1.54, 1.807) is 11.3 Å². The lowest BCUT2D eigenvalue weighted by atomic mass is 9.63. The molecule has 1 saturated carbocycles. The number of benzene rings is 1. The molecule has 2 heterocycles. The van der Waals surface area contributed by atoms with Crippen LogP contribution in [0.1, 0.15) is 42.7 Å². The summed E-state index contributed by atoms with van der Waals surface area (Å²) in [6, 6.07) is 8.60. The van der Waals surface area contributed by atoms with E-state index in [4.69, 9.17) is 4.74 Å². The van der Waals surface area contributed by atoms with Crippen LogP contribution in [0.15, 0.2) is 35.8 Å². The summed E-state index contributed by atoms with van der Waals surface area (Å²) in [6.45, 7) is 2.20. The summed E-state index contributed by atoms with van der Waals surface area (Å²) in [5.41, 5.74) is 2.07. The van der Waals surface area contributed by atoms with Gasteiger partial charge in [-0.2, -0.15) is 0 Å². The highest BCUT2D eigenvalue weighted by Gasteiger charge is 2.43. The van der Waals surface area contributed by atoms with Gasteiger partial charge in [0, 0.05) is 30.4 Å². The molecule has 8 heteroatoms. The van der Waals surface area contributed by atoms with Gasteiger partial charge in [0.15, 0.2) is 0 Å². The van der Waals surface area contributed by atoms with E-state index in [1.165, 1.54) is 36.9 Å². The summed E-state index contributed by atoms with van der Waals surface area (Å²) in [4.78, 5) is 7.05. The first-order valence-electron chi connectivity index (χ1n) is 10.2. The van der Waals surface area contributed by atoms with Crippen LogP contribution >= 0.6 is 11.3 Å². The first-order chi connectivity index (χ1) is 14.0. The van der Waals surface area contributed by atoms with Gasteiger partial charge in [-0.05, 0) is 55.3 Å². The number of likely N-dealkylation sites (tertiary alicyclic amines) is 1. The number of sulfonamides is 1. The second-order valence-electron chi connectivity index (χ2n) is 8.17. The third kappa shape index (κ3) is 4.82. The van der Waals surface area contributed by atoms with E-state index in [1.807, 2.05) is 29.8 Å². The molecule has 2 bridgehead atoms. The Labute approximate surface area is 177 Å². The predicted molar refractivity (Wildman–Crippen MR) is 117 cm³/mol. The molecule has 1 aromatic heterocycles. The predicted octanol–water partition coefficient (Wildman–Crippen LogP) is 3.62. The van der Waals surface area contributed by atoms with E-state index in [9.17, 15) is 8.42 Å². The molecule has 29 heavy (non-hydrogen) atoms. The zero-order valence-corrected chi connectivity index (χ0v) is 18.5. The van der Waals surface area contributed by atoms with E-state index >= 15 is 0 Å². The van der Waals surface area contributed by atoms with Crippen molar-refractivity contribution in [1.29, 1.82) is 0 Å². The van der Waals surface area contributed by atoms with E-state index in [2.05, 4.69) is 20.7 Å².